The lowest BCUT2D eigenvalue weighted by atomic mass is 9.96. The lowest BCUT2D eigenvalue weighted by Crippen LogP contribution is -2.35. The maximum Gasteiger partial charge on any atom is 0.261 e. The largest absolute Gasteiger partial charge is 0.396 e. The quantitative estimate of drug-likeness (QED) is 0.696. The van der Waals surface area contributed by atoms with Crippen LogP contribution in [0.2, 0.25) is 0 Å². The number of anilines is 2. The van der Waals surface area contributed by atoms with E-state index in [4.69, 9.17) is 0 Å². The van der Waals surface area contributed by atoms with Gasteiger partial charge in [0.25, 0.3) is 5.91 Å². The van der Waals surface area contributed by atoms with E-state index in [1.54, 1.807) is 29.2 Å². The van der Waals surface area contributed by atoms with Gasteiger partial charge in [-0.15, -0.1) is 0 Å². The predicted octanol–water partition coefficient (Wildman–Crippen LogP) is 3.06. The average molecular weight is 393 g/mol. The summed E-state index contributed by atoms with van der Waals surface area (Å²) in [4.78, 5) is 19.6. The van der Waals surface area contributed by atoms with Crippen LogP contribution < -0.4 is 10.2 Å². The molecule has 0 saturated carbocycles. The predicted molar refractivity (Wildman–Crippen MR) is 114 cm³/mol. The molecule has 1 amide bonds. The van der Waals surface area contributed by atoms with Gasteiger partial charge in [-0.25, -0.2) is 9.50 Å². The van der Waals surface area contributed by atoms with Crippen LogP contribution in [-0.2, 0) is 6.42 Å². The van der Waals surface area contributed by atoms with Gasteiger partial charge < -0.3 is 15.3 Å². The van der Waals surface area contributed by atoms with Gasteiger partial charge in [-0.2, -0.15) is 5.10 Å². The molecule has 1 aromatic carbocycles. The van der Waals surface area contributed by atoms with Crippen molar-refractivity contribution in [3.8, 4) is 0 Å². The molecule has 0 unspecified atom stereocenters. The third kappa shape index (κ3) is 3.82. The van der Waals surface area contributed by atoms with Crippen LogP contribution in [0, 0.1) is 12.8 Å². The summed E-state index contributed by atoms with van der Waals surface area (Å²) in [5.74, 6) is 0.152. The Balaban J connectivity index is 1.65. The van der Waals surface area contributed by atoms with E-state index in [1.165, 1.54) is 5.56 Å². The van der Waals surface area contributed by atoms with Crippen LogP contribution >= 0.6 is 0 Å². The fourth-order valence-electron chi connectivity index (χ4n) is 4.02. The molecule has 0 spiro atoms. The Morgan fingerprint density at radius 2 is 2.10 bits per heavy atom. The Hall–Kier alpha value is -2.93. The summed E-state index contributed by atoms with van der Waals surface area (Å²) >= 11 is 0. The number of fused-ring (bicyclic) bond motifs is 1. The van der Waals surface area contributed by atoms with Crippen molar-refractivity contribution < 1.29 is 9.90 Å². The topological polar surface area (TPSA) is 82.8 Å². The molecule has 1 saturated heterocycles. The molecule has 2 N–H and O–H groups in total. The first-order valence-corrected chi connectivity index (χ1v) is 10.2. The standard InChI is InChI=1S/C22H27N5O2/c1-3-17-12-20(26-9-5-16(14-28)6-10-26)19(11-15(17)2)25-22(29)18-13-24-27-8-4-7-23-21(18)27/h4,7-8,11-13,16,28H,3,5-6,9-10,14H2,1-2H3,(H,25,29). The molecule has 4 rings (SSSR count). The molecule has 0 radical (unpaired) electrons. The minimum atomic E-state index is -0.214. The number of piperidine rings is 1. The van der Waals surface area contributed by atoms with E-state index in [0.29, 0.717) is 17.1 Å². The molecule has 7 heteroatoms. The fraction of sp³-hybridized carbons (Fsp3) is 0.409. The minimum absolute atomic E-state index is 0.214. The first-order chi connectivity index (χ1) is 14.1. The number of aliphatic hydroxyl groups excluding tert-OH is 1. The first-order valence-electron chi connectivity index (χ1n) is 10.2. The normalized spacial score (nSPS) is 15.1. The molecular formula is C22H27N5O2. The van der Waals surface area contributed by atoms with Crippen molar-refractivity contribution in [1.82, 2.24) is 14.6 Å². The number of aromatic nitrogens is 3. The summed E-state index contributed by atoms with van der Waals surface area (Å²) in [6.45, 7) is 6.21. The Labute approximate surface area is 170 Å². The number of benzene rings is 1. The second-order valence-electron chi connectivity index (χ2n) is 7.66. The van der Waals surface area contributed by atoms with Crippen LogP contribution in [0.25, 0.3) is 5.65 Å². The van der Waals surface area contributed by atoms with E-state index < -0.39 is 0 Å². The zero-order valence-corrected chi connectivity index (χ0v) is 16.9. The molecule has 152 valence electrons. The second kappa shape index (κ2) is 8.21. The number of hydrogen-bond acceptors (Lipinski definition) is 5. The highest BCUT2D eigenvalue weighted by Gasteiger charge is 2.23. The first kappa shape index (κ1) is 19.4. The highest BCUT2D eigenvalue weighted by atomic mass is 16.3. The van der Waals surface area contributed by atoms with Gasteiger partial charge in [-0.05, 0) is 61.4 Å². The molecule has 7 nitrogen and oxygen atoms in total. The summed E-state index contributed by atoms with van der Waals surface area (Å²) < 4.78 is 1.60. The number of hydrogen-bond donors (Lipinski definition) is 2. The number of amides is 1. The van der Waals surface area contributed by atoms with Crippen molar-refractivity contribution in [2.24, 2.45) is 5.92 Å². The van der Waals surface area contributed by atoms with Crippen LogP contribution in [0.5, 0.6) is 0 Å². The van der Waals surface area contributed by atoms with E-state index in [0.717, 1.165) is 49.3 Å². The monoisotopic (exact) mass is 393 g/mol. The molecule has 1 aliphatic heterocycles. The smallest absolute Gasteiger partial charge is 0.261 e. The molecule has 3 heterocycles. The Morgan fingerprint density at radius 1 is 1.31 bits per heavy atom. The second-order valence-corrected chi connectivity index (χ2v) is 7.66. The van der Waals surface area contributed by atoms with Crippen molar-refractivity contribution in [2.45, 2.75) is 33.1 Å². The Morgan fingerprint density at radius 3 is 2.83 bits per heavy atom. The van der Waals surface area contributed by atoms with E-state index in [-0.39, 0.29) is 12.5 Å². The maximum atomic E-state index is 13.0. The summed E-state index contributed by atoms with van der Waals surface area (Å²) in [6, 6.07) is 6.03. The number of carbonyl (C=O) groups excluding carboxylic acids is 1. The van der Waals surface area contributed by atoms with Gasteiger partial charge in [-0.1, -0.05) is 6.92 Å². The maximum absolute atomic E-state index is 13.0. The zero-order valence-electron chi connectivity index (χ0n) is 16.9. The zero-order chi connectivity index (χ0) is 20.4. The van der Waals surface area contributed by atoms with Gasteiger partial charge in [0.1, 0.15) is 5.56 Å². The van der Waals surface area contributed by atoms with Gasteiger partial charge in [0, 0.05) is 32.1 Å². The van der Waals surface area contributed by atoms with E-state index >= 15 is 0 Å². The summed E-state index contributed by atoms with van der Waals surface area (Å²) in [5.41, 5.74) is 5.28. The van der Waals surface area contributed by atoms with Gasteiger partial charge >= 0.3 is 0 Å². The molecule has 1 fully saturated rings. The van der Waals surface area contributed by atoms with Crippen molar-refractivity contribution in [3.05, 3.63) is 53.5 Å². The van der Waals surface area contributed by atoms with Crippen LogP contribution in [0.3, 0.4) is 0 Å². The van der Waals surface area contributed by atoms with Gasteiger partial charge in [0.05, 0.1) is 17.6 Å². The number of nitrogens with zero attached hydrogens (tertiary/aromatic N) is 4. The average Bonchev–Trinajstić information content (AvgIpc) is 3.18. The van der Waals surface area contributed by atoms with Crippen LogP contribution in [-0.4, -0.2) is 45.3 Å². The third-order valence-electron chi connectivity index (χ3n) is 5.82. The van der Waals surface area contributed by atoms with Crippen molar-refractivity contribution >= 4 is 22.9 Å². The highest BCUT2D eigenvalue weighted by molar-refractivity contribution is 6.09. The van der Waals surface area contributed by atoms with Crippen LogP contribution in [0.4, 0.5) is 11.4 Å². The minimum Gasteiger partial charge on any atom is -0.396 e. The summed E-state index contributed by atoms with van der Waals surface area (Å²) in [7, 11) is 0. The molecule has 1 aliphatic rings. The van der Waals surface area contributed by atoms with Gasteiger partial charge in [-0.3, -0.25) is 4.79 Å². The van der Waals surface area contributed by atoms with Gasteiger partial charge in [0.15, 0.2) is 5.65 Å². The number of carbonyl (C=O) groups is 1. The number of aliphatic hydroxyl groups is 1. The number of nitrogens with one attached hydrogen (secondary N) is 1. The molecule has 3 aromatic rings. The highest BCUT2D eigenvalue weighted by Crippen LogP contribution is 2.33. The molecule has 29 heavy (non-hydrogen) atoms. The Bertz CT molecular complexity index is 1020. The Kier molecular flexibility index (Phi) is 5.49. The van der Waals surface area contributed by atoms with E-state index in [9.17, 15) is 9.90 Å². The fourth-order valence-corrected chi connectivity index (χ4v) is 4.02. The number of aryl methyl sites for hydroxylation is 2. The molecule has 0 aliphatic carbocycles. The summed E-state index contributed by atoms with van der Waals surface area (Å²) in [6.07, 6.45) is 7.84. The summed E-state index contributed by atoms with van der Waals surface area (Å²) in [5, 5.41) is 16.8. The van der Waals surface area contributed by atoms with Crippen LogP contribution in [0.15, 0.2) is 36.8 Å². The van der Waals surface area contributed by atoms with Gasteiger partial charge in [0.2, 0.25) is 0 Å². The third-order valence-corrected chi connectivity index (χ3v) is 5.82. The van der Waals surface area contributed by atoms with Crippen molar-refractivity contribution in [3.63, 3.8) is 0 Å². The number of rotatable bonds is 5. The molecule has 0 bridgehead atoms. The SMILES string of the molecule is CCc1cc(N2CCC(CO)CC2)c(NC(=O)c2cnn3cccnc23)cc1C. The van der Waals surface area contributed by atoms with E-state index in [1.807, 2.05) is 0 Å². The molecular weight excluding hydrogens is 366 g/mol. The van der Waals surface area contributed by atoms with Crippen LogP contribution in [0.1, 0.15) is 41.3 Å². The molecule has 2 aromatic heterocycles. The van der Waals surface area contributed by atoms with Crippen molar-refractivity contribution in [1.29, 1.82) is 0 Å². The lowest BCUT2D eigenvalue weighted by molar-refractivity contribution is 0.102. The van der Waals surface area contributed by atoms with Crippen molar-refractivity contribution in [2.75, 3.05) is 29.9 Å². The lowest BCUT2D eigenvalue weighted by Gasteiger charge is -2.34. The van der Waals surface area contributed by atoms with E-state index in [2.05, 4.69) is 46.3 Å². The molecule has 0 atom stereocenters.